The van der Waals surface area contributed by atoms with Crippen LogP contribution >= 0.6 is 15.9 Å². The number of nitrogens with two attached hydrogens (primary N) is 1. The van der Waals surface area contributed by atoms with Crippen LogP contribution in [0.4, 0.5) is 0 Å². The summed E-state index contributed by atoms with van der Waals surface area (Å²) in [4.78, 5) is 15.6. The zero-order chi connectivity index (χ0) is 13.8. The van der Waals surface area contributed by atoms with Gasteiger partial charge in [0.2, 0.25) is 5.88 Å². The molecule has 5 nitrogen and oxygen atoms in total. The number of carbonyl (C=O) groups is 1. The Morgan fingerprint density at radius 1 is 1.61 bits per heavy atom. The van der Waals surface area contributed by atoms with Crippen molar-refractivity contribution in [3.63, 3.8) is 0 Å². The summed E-state index contributed by atoms with van der Waals surface area (Å²) in [7, 11) is 1.47. The maximum Gasteiger partial charge on any atom is 0.254 e. The summed E-state index contributed by atoms with van der Waals surface area (Å²) in [5.74, 6) is -0.452. The van der Waals surface area contributed by atoms with E-state index in [4.69, 9.17) is 10.5 Å². The molecule has 0 saturated carbocycles. The number of rotatable bonds is 6. The van der Waals surface area contributed by atoms with Gasteiger partial charge in [-0.3, -0.25) is 4.79 Å². The molecule has 1 aromatic rings. The molecule has 1 heterocycles. The fraction of sp³-hybridized carbons (Fsp3) is 0.500. The number of halogens is 1. The fourth-order valence-electron chi connectivity index (χ4n) is 1.66. The Bertz CT molecular complexity index is 439. The number of ether oxygens (including phenoxy) is 1. The van der Waals surface area contributed by atoms with Gasteiger partial charge in [-0.05, 0) is 34.8 Å². The van der Waals surface area contributed by atoms with Crippen LogP contribution < -0.4 is 10.5 Å². The van der Waals surface area contributed by atoms with Gasteiger partial charge in [-0.25, -0.2) is 4.98 Å². The number of hydrogen-bond donors (Lipinski definition) is 2. The molecule has 100 valence electrons. The Hall–Kier alpha value is -1.14. The van der Waals surface area contributed by atoms with Crippen LogP contribution in [0.2, 0.25) is 0 Å². The lowest BCUT2D eigenvalue weighted by Gasteiger charge is -2.25. The number of carbonyl (C=O) groups excluding carboxylic acids is 1. The number of pyridine rings is 1. The second-order valence-electron chi connectivity index (χ2n) is 4.05. The molecular formula is C12H17BrN2O3. The summed E-state index contributed by atoms with van der Waals surface area (Å²) in [6.07, 6.45) is 1.83. The molecule has 6 heteroatoms. The van der Waals surface area contributed by atoms with Gasteiger partial charge in [0.15, 0.2) is 5.60 Å². The number of unbranched alkanes of at least 4 members (excludes halogenated alkanes) is 1. The largest absolute Gasteiger partial charge is 0.481 e. The van der Waals surface area contributed by atoms with Gasteiger partial charge in [0.25, 0.3) is 5.91 Å². The predicted octanol–water partition coefficient (Wildman–Crippen LogP) is 1.72. The minimum Gasteiger partial charge on any atom is -0.481 e. The van der Waals surface area contributed by atoms with Crippen LogP contribution in [0.3, 0.4) is 0 Å². The first-order valence-electron chi connectivity index (χ1n) is 5.68. The zero-order valence-electron chi connectivity index (χ0n) is 10.4. The highest BCUT2D eigenvalue weighted by Crippen LogP contribution is 2.30. The number of aromatic nitrogens is 1. The number of primary amides is 1. The summed E-state index contributed by atoms with van der Waals surface area (Å²) >= 11 is 3.21. The monoisotopic (exact) mass is 316 g/mol. The van der Waals surface area contributed by atoms with Crippen LogP contribution in [-0.2, 0) is 10.4 Å². The molecule has 1 atom stereocenters. The van der Waals surface area contributed by atoms with Crippen molar-refractivity contribution in [1.29, 1.82) is 0 Å². The van der Waals surface area contributed by atoms with E-state index in [1.165, 1.54) is 13.2 Å². The minimum atomic E-state index is -1.69. The lowest BCUT2D eigenvalue weighted by atomic mass is 9.88. The first-order valence-corrected chi connectivity index (χ1v) is 6.47. The highest BCUT2D eigenvalue weighted by Gasteiger charge is 2.36. The Morgan fingerprint density at radius 3 is 2.78 bits per heavy atom. The topological polar surface area (TPSA) is 85.4 Å². The number of hydrogen-bond acceptors (Lipinski definition) is 4. The first-order chi connectivity index (χ1) is 8.43. The average molecular weight is 317 g/mol. The van der Waals surface area contributed by atoms with Gasteiger partial charge >= 0.3 is 0 Å². The van der Waals surface area contributed by atoms with Gasteiger partial charge < -0.3 is 15.6 Å². The molecule has 0 aliphatic heterocycles. The lowest BCUT2D eigenvalue weighted by molar-refractivity contribution is -0.138. The quantitative estimate of drug-likeness (QED) is 0.782. The van der Waals surface area contributed by atoms with E-state index in [0.717, 1.165) is 6.42 Å². The van der Waals surface area contributed by atoms with Crippen molar-refractivity contribution in [2.24, 2.45) is 5.73 Å². The van der Waals surface area contributed by atoms with E-state index in [1.54, 1.807) is 6.07 Å². The van der Waals surface area contributed by atoms with Crippen molar-refractivity contribution >= 4 is 21.8 Å². The van der Waals surface area contributed by atoms with Crippen molar-refractivity contribution in [3.05, 3.63) is 22.3 Å². The van der Waals surface area contributed by atoms with Crippen molar-refractivity contribution < 1.29 is 14.6 Å². The van der Waals surface area contributed by atoms with E-state index >= 15 is 0 Å². The third-order valence-electron chi connectivity index (χ3n) is 2.76. The summed E-state index contributed by atoms with van der Waals surface area (Å²) < 4.78 is 5.49. The third kappa shape index (κ3) is 3.20. The lowest BCUT2D eigenvalue weighted by Crippen LogP contribution is -2.41. The molecule has 18 heavy (non-hydrogen) atoms. The van der Waals surface area contributed by atoms with Crippen molar-refractivity contribution in [1.82, 2.24) is 4.98 Å². The van der Waals surface area contributed by atoms with Gasteiger partial charge in [-0.15, -0.1) is 0 Å². The van der Waals surface area contributed by atoms with Crippen molar-refractivity contribution in [3.8, 4) is 5.88 Å². The summed E-state index contributed by atoms with van der Waals surface area (Å²) in [6, 6.07) is 3.09. The van der Waals surface area contributed by atoms with Crippen LogP contribution in [0, 0.1) is 0 Å². The van der Waals surface area contributed by atoms with Crippen LogP contribution in [-0.4, -0.2) is 23.1 Å². The van der Waals surface area contributed by atoms with Gasteiger partial charge in [0, 0.05) is 11.6 Å². The Balaban J connectivity index is 3.20. The SMILES string of the molecule is CCCCC(O)(C(N)=O)c1cc(Br)nc(OC)c1. The Labute approximate surface area is 114 Å². The molecule has 1 aromatic heterocycles. The van der Waals surface area contributed by atoms with Crippen LogP contribution in [0.15, 0.2) is 16.7 Å². The molecule has 0 fully saturated rings. The zero-order valence-corrected chi connectivity index (χ0v) is 12.0. The average Bonchev–Trinajstić information content (AvgIpc) is 2.34. The first kappa shape index (κ1) is 14.9. The number of methoxy groups -OCH3 is 1. The van der Waals surface area contributed by atoms with Gasteiger partial charge in [-0.2, -0.15) is 0 Å². The maximum atomic E-state index is 11.5. The smallest absolute Gasteiger partial charge is 0.254 e. The van der Waals surface area contributed by atoms with Crippen molar-refractivity contribution in [2.75, 3.05) is 7.11 Å². The summed E-state index contributed by atoms with van der Waals surface area (Å²) in [5, 5.41) is 10.5. The molecule has 1 rings (SSSR count). The van der Waals surface area contributed by atoms with E-state index < -0.39 is 11.5 Å². The molecule has 0 saturated heterocycles. The highest BCUT2D eigenvalue weighted by molar-refractivity contribution is 9.10. The van der Waals surface area contributed by atoms with E-state index in [2.05, 4.69) is 20.9 Å². The fourth-order valence-corrected chi connectivity index (χ4v) is 2.08. The molecule has 0 aliphatic carbocycles. The Kier molecular flexibility index (Phi) is 5.10. The van der Waals surface area contributed by atoms with E-state index in [0.29, 0.717) is 22.5 Å². The highest BCUT2D eigenvalue weighted by atomic mass is 79.9. The van der Waals surface area contributed by atoms with Crippen LogP contribution in [0.5, 0.6) is 5.88 Å². The van der Waals surface area contributed by atoms with Crippen LogP contribution in [0.25, 0.3) is 0 Å². The summed E-state index contributed by atoms with van der Waals surface area (Å²) in [5.41, 5.74) is 4.03. The number of aliphatic hydroxyl groups is 1. The van der Waals surface area contributed by atoms with Crippen LogP contribution in [0.1, 0.15) is 31.7 Å². The summed E-state index contributed by atoms with van der Waals surface area (Å²) in [6.45, 7) is 1.98. The Morgan fingerprint density at radius 2 is 2.28 bits per heavy atom. The second-order valence-corrected chi connectivity index (χ2v) is 4.86. The molecular weight excluding hydrogens is 300 g/mol. The normalized spacial score (nSPS) is 14.0. The number of nitrogens with zero attached hydrogens (tertiary/aromatic N) is 1. The van der Waals surface area contributed by atoms with E-state index in [1.807, 2.05) is 6.92 Å². The molecule has 0 bridgehead atoms. The van der Waals surface area contributed by atoms with Gasteiger partial charge in [0.05, 0.1) is 7.11 Å². The molecule has 0 aromatic carbocycles. The molecule has 0 aliphatic rings. The van der Waals surface area contributed by atoms with Gasteiger partial charge in [-0.1, -0.05) is 13.3 Å². The van der Waals surface area contributed by atoms with E-state index in [-0.39, 0.29) is 6.42 Å². The van der Waals surface area contributed by atoms with E-state index in [9.17, 15) is 9.90 Å². The molecule has 1 amide bonds. The maximum absolute atomic E-state index is 11.5. The molecule has 0 radical (unpaired) electrons. The second kappa shape index (κ2) is 6.15. The van der Waals surface area contributed by atoms with Crippen molar-refractivity contribution in [2.45, 2.75) is 31.8 Å². The predicted molar refractivity (Wildman–Crippen MR) is 71.1 cm³/mol. The minimum absolute atomic E-state index is 0.276. The third-order valence-corrected chi connectivity index (χ3v) is 3.16. The molecule has 0 spiro atoms. The molecule has 1 unspecified atom stereocenters. The standard InChI is InChI=1S/C12H17BrN2O3/c1-3-4-5-12(17,11(14)16)8-6-9(13)15-10(7-8)18-2/h6-7,17H,3-5H2,1-2H3,(H2,14,16). The van der Waals surface area contributed by atoms with Gasteiger partial charge in [0.1, 0.15) is 4.60 Å². The number of amides is 1. The molecule has 3 N–H and O–H groups in total.